The van der Waals surface area contributed by atoms with Crippen molar-refractivity contribution in [1.29, 1.82) is 0 Å². The van der Waals surface area contributed by atoms with Gasteiger partial charge >= 0.3 is 0 Å². The van der Waals surface area contributed by atoms with E-state index in [2.05, 4.69) is 37.1 Å². The molecule has 5 heteroatoms. The fourth-order valence-corrected chi connectivity index (χ4v) is 2.85. The van der Waals surface area contributed by atoms with Crippen LogP contribution in [0.3, 0.4) is 0 Å². The SMILES string of the molecule is Cc1cc(OCC(=O)NC2=NCCS2)ccc1C(C)C. The number of thioether (sulfide) groups is 1. The zero-order valence-electron chi connectivity index (χ0n) is 12.1. The third-order valence-electron chi connectivity index (χ3n) is 3.07. The molecule has 20 heavy (non-hydrogen) atoms. The van der Waals surface area contributed by atoms with Crippen LogP contribution in [0.15, 0.2) is 23.2 Å². The number of nitrogens with one attached hydrogen (secondary N) is 1. The van der Waals surface area contributed by atoms with Crippen LogP contribution in [-0.4, -0.2) is 30.0 Å². The van der Waals surface area contributed by atoms with Gasteiger partial charge in [-0.05, 0) is 36.1 Å². The van der Waals surface area contributed by atoms with Gasteiger partial charge in [0.1, 0.15) is 5.75 Å². The van der Waals surface area contributed by atoms with Crippen molar-refractivity contribution >= 4 is 22.8 Å². The van der Waals surface area contributed by atoms with Crippen molar-refractivity contribution in [3.63, 3.8) is 0 Å². The lowest BCUT2D eigenvalue weighted by Gasteiger charge is -2.12. The van der Waals surface area contributed by atoms with Gasteiger partial charge in [0.05, 0.1) is 6.54 Å². The second kappa shape index (κ2) is 6.79. The average molecular weight is 292 g/mol. The summed E-state index contributed by atoms with van der Waals surface area (Å²) in [6, 6.07) is 5.95. The van der Waals surface area contributed by atoms with Gasteiger partial charge in [-0.25, -0.2) is 0 Å². The fraction of sp³-hybridized carbons (Fsp3) is 0.467. The van der Waals surface area contributed by atoms with Crippen LogP contribution in [0, 0.1) is 6.92 Å². The number of amidine groups is 1. The molecular formula is C15H20N2O2S. The second-order valence-electron chi connectivity index (χ2n) is 5.05. The molecule has 0 saturated heterocycles. The van der Waals surface area contributed by atoms with Gasteiger partial charge in [0.25, 0.3) is 5.91 Å². The number of aryl methyl sites for hydroxylation is 1. The maximum absolute atomic E-state index is 11.7. The highest BCUT2D eigenvalue weighted by Crippen LogP contribution is 2.23. The van der Waals surface area contributed by atoms with Crippen molar-refractivity contribution in [2.24, 2.45) is 4.99 Å². The Morgan fingerprint density at radius 2 is 2.30 bits per heavy atom. The van der Waals surface area contributed by atoms with Crippen LogP contribution in [0.25, 0.3) is 0 Å². The van der Waals surface area contributed by atoms with Crippen molar-refractivity contribution in [2.45, 2.75) is 26.7 Å². The summed E-state index contributed by atoms with van der Waals surface area (Å²) in [5.41, 5.74) is 2.49. The lowest BCUT2D eigenvalue weighted by molar-refractivity contribution is -0.121. The highest BCUT2D eigenvalue weighted by Gasteiger charge is 2.11. The van der Waals surface area contributed by atoms with E-state index in [1.54, 1.807) is 11.8 Å². The molecule has 1 amide bonds. The average Bonchev–Trinajstić information content (AvgIpc) is 2.89. The summed E-state index contributed by atoms with van der Waals surface area (Å²) >= 11 is 1.56. The van der Waals surface area contributed by atoms with Crippen molar-refractivity contribution in [2.75, 3.05) is 18.9 Å². The molecule has 0 aromatic heterocycles. The number of aliphatic imine (C=N–C) groups is 1. The lowest BCUT2D eigenvalue weighted by Crippen LogP contribution is -2.32. The molecule has 1 heterocycles. The smallest absolute Gasteiger partial charge is 0.263 e. The molecule has 2 rings (SSSR count). The zero-order chi connectivity index (χ0) is 14.5. The Kier molecular flexibility index (Phi) is 5.06. The molecular weight excluding hydrogens is 272 g/mol. The standard InChI is InChI=1S/C15H20N2O2S/c1-10(2)13-5-4-12(8-11(13)3)19-9-14(18)17-15-16-6-7-20-15/h4-5,8,10H,6-7,9H2,1-3H3,(H,16,17,18). The molecule has 0 saturated carbocycles. The van der Waals surface area contributed by atoms with Crippen LogP contribution in [0.4, 0.5) is 0 Å². The Labute approximate surface area is 124 Å². The zero-order valence-corrected chi connectivity index (χ0v) is 12.9. The van der Waals surface area contributed by atoms with Crippen molar-refractivity contribution < 1.29 is 9.53 Å². The predicted molar refractivity (Wildman–Crippen MR) is 83.7 cm³/mol. The molecule has 0 fully saturated rings. The van der Waals surface area contributed by atoms with Gasteiger partial charge in [-0.15, -0.1) is 0 Å². The van der Waals surface area contributed by atoms with Crippen LogP contribution < -0.4 is 10.1 Å². The van der Waals surface area contributed by atoms with E-state index in [1.807, 2.05) is 12.1 Å². The molecule has 0 radical (unpaired) electrons. The molecule has 1 aromatic rings. The fourth-order valence-electron chi connectivity index (χ4n) is 2.10. The number of hydrogen-bond donors (Lipinski definition) is 1. The normalized spacial score (nSPS) is 14.3. The summed E-state index contributed by atoms with van der Waals surface area (Å²) < 4.78 is 5.52. The van der Waals surface area contributed by atoms with E-state index >= 15 is 0 Å². The molecule has 1 aliphatic heterocycles. The van der Waals surface area contributed by atoms with Crippen molar-refractivity contribution in [3.8, 4) is 5.75 Å². The minimum absolute atomic E-state index is 0.0139. The highest BCUT2D eigenvalue weighted by molar-refractivity contribution is 8.14. The molecule has 1 aliphatic rings. The van der Waals surface area contributed by atoms with Crippen molar-refractivity contribution in [3.05, 3.63) is 29.3 Å². The maximum Gasteiger partial charge on any atom is 0.263 e. The number of nitrogens with zero attached hydrogens (tertiary/aromatic N) is 1. The van der Waals surface area contributed by atoms with E-state index in [9.17, 15) is 4.79 Å². The van der Waals surface area contributed by atoms with Gasteiger partial charge in [-0.2, -0.15) is 0 Å². The molecule has 0 atom stereocenters. The van der Waals surface area contributed by atoms with E-state index in [1.165, 1.54) is 11.1 Å². The third kappa shape index (κ3) is 4.00. The Morgan fingerprint density at radius 1 is 1.50 bits per heavy atom. The van der Waals surface area contributed by atoms with Crippen LogP contribution in [0.1, 0.15) is 30.9 Å². The van der Waals surface area contributed by atoms with Crippen LogP contribution in [-0.2, 0) is 4.79 Å². The summed E-state index contributed by atoms with van der Waals surface area (Å²) in [7, 11) is 0. The van der Waals surface area contributed by atoms with E-state index in [0.29, 0.717) is 11.1 Å². The minimum atomic E-state index is -0.163. The van der Waals surface area contributed by atoms with Crippen molar-refractivity contribution in [1.82, 2.24) is 5.32 Å². The van der Waals surface area contributed by atoms with Crippen LogP contribution in [0.5, 0.6) is 5.75 Å². The first-order valence-electron chi connectivity index (χ1n) is 6.76. The number of carbonyl (C=O) groups excluding carboxylic acids is 1. The maximum atomic E-state index is 11.7. The van der Waals surface area contributed by atoms with Crippen LogP contribution >= 0.6 is 11.8 Å². The van der Waals surface area contributed by atoms with Gasteiger partial charge in [0.2, 0.25) is 0 Å². The van der Waals surface area contributed by atoms with E-state index in [4.69, 9.17) is 4.74 Å². The van der Waals surface area contributed by atoms with E-state index < -0.39 is 0 Å². The molecule has 1 aromatic carbocycles. The molecule has 0 spiro atoms. The first kappa shape index (κ1) is 14.9. The van der Waals surface area contributed by atoms with Gasteiger partial charge in [-0.3, -0.25) is 9.79 Å². The number of carbonyl (C=O) groups is 1. The number of rotatable bonds is 4. The number of ether oxygens (including phenoxy) is 1. The summed E-state index contributed by atoms with van der Waals surface area (Å²) in [6.07, 6.45) is 0. The van der Waals surface area contributed by atoms with Gasteiger partial charge in [0, 0.05) is 5.75 Å². The quantitative estimate of drug-likeness (QED) is 0.928. The predicted octanol–water partition coefficient (Wildman–Crippen LogP) is 2.72. The summed E-state index contributed by atoms with van der Waals surface area (Å²) in [4.78, 5) is 15.9. The highest BCUT2D eigenvalue weighted by atomic mass is 32.2. The number of benzene rings is 1. The van der Waals surface area contributed by atoms with Gasteiger partial charge in [-0.1, -0.05) is 31.7 Å². The molecule has 1 N–H and O–H groups in total. The Balaban J connectivity index is 1.87. The number of amides is 1. The Morgan fingerprint density at radius 3 is 2.90 bits per heavy atom. The van der Waals surface area contributed by atoms with Gasteiger partial charge in [0.15, 0.2) is 11.8 Å². The lowest BCUT2D eigenvalue weighted by atomic mass is 9.98. The van der Waals surface area contributed by atoms with E-state index in [-0.39, 0.29) is 12.5 Å². The minimum Gasteiger partial charge on any atom is -0.484 e. The summed E-state index contributed by atoms with van der Waals surface area (Å²) in [6.45, 7) is 7.18. The monoisotopic (exact) mass is 292 g/mol. The topological polar surface area (TPSA) is 50.7 Å². The largest absolute Gasteiger partial charge is 0.484 e. The Hall–Kier alpha value is -1.49. The first-order chi connectivity index (χ1) is 9.56. The van der Waals surface area contributed by atoms with E-state index in [0.717, 1.165) is 18.0 Å². The molecule has 108 valence electrons. The summed E-state index contributed by atoms with van der Waals surface area (Å²) in [5, 5.41) is 3.44. The van der Waals surface area contributed by atoms with Crippen LogP contribution in [0.2, 0.25) is 0 Å². The Bertz CT molecular complexity index is 527. The molecule has 0 aliphatic carbocycles. The molecule has 0 unspecified atom stereocenters. The second-order valence-corrected chi connectivity index (χ2v) is 6.13. The molecule has 0 bridgehead atoms. The molecule has 4 nitrogen and oxygen atoms in total. The summed E-state index contributed by atoms with van der Waals surface area (Å²) in [5.74, 6) is 1.99. The number of hydrogen-bond acceptors (Lipinski definition) is 4. The first-order valence-corrected chi connectivity index (χ1v) is 7.75. The third-order valence-corrected chi connectivity index (χ3v) is 3.96. The van der Waals surface area contributed by atoms with Gasteiger partial charge < -0.3 is 10.1 Å².